The van der Waals surface area contributed by atoms with Crippen molar-refractivity contribution in [3.05, 3.63) is 34.4 Å². The molecule has 0 aliphatic rings. The average molecular weight is 238 g/mol. The number of esters is 1. The number of nitriles is 1. The Morgan fingerprint density at radius 1 is 1.56 bits per heavy atom. The summed E-state index contributed by atoms with van der Waals surface area (Å²) in [4.78, 5) is 11.3. The lowest BCUT2D eigenvalue weighted by Crippen LogP contribution is -2.09. The molecule has 0 aromatic heterocycles. The Kier molecular flexibility index (Phi) is 4.33. The highest BCUT2D eigenvalue weighted by Gasteiger charge is 2.13. The molecule has 16 heavy (non-hydrogen) atoms. The summed E-state index contributed by atoms with van der Waals surface area (Å²) in [6, 6.07) is 5.57. The first-order chi connectivity index (χ1) is 7.63. The van der Waals surface area contributed by atoms with Crippen LogP contribution in [-0.2, 0) is 21.8 Å². The molecule has 0 aliphatic carbocycles. The van der Waals surface area contributed by atoms with Crippen LogP contribution in [0.3, 0.4) is 0 Å². The summed E-state index contributed by atoms with van der Waals surface area (Å²) in [5.74, 6) is -0.0108. The fourth-order valence-corrected chi connectivity index (χ4v) is 1.77. The lowest BCUT2D eigenvalue weighted by molar-refractivity contribution is -0.139. The van der Waals surface area contributed by atoms with Crippen LogP contribution < -0.4 is 0 Å². The molecule has 4 heteroatoms. The fourth-order valence-electron chi connectivity index (χ4n) is 1.52. The molecule has 84 valence electrons. The Morgan fingerprint density at radius 2 is 2.25 bits per heavy atom. The topological polar surface area (TPSA) is 50.1 Å². The Labute approximate surface area is 99.6 Å². The van der Waals surface area contributed by atoms with Gasteiger partial charge in [0, 0.05) is 5.88 Å². The molecule has 0 saturated carbocycles. The van der Waals surface area contributed by atoms with Crippen molar-refractivity contribution in [2.75, 3.05) is 7.11 Å². The third-order valence-corrected chi connectivity index (χ3v) is 2.80. The number of nitrogens with zero attached hydrogens (tertiary/aromatic N) is 1. The first kappa shape index (κ1) is 12.5. The molecule has 0 atom stereocenters. The summed E-state index contributed by atoms with van der Waals surface area (Å²) >= 11 is 5.79. The average Bonchev–Trinajstić information content (AvgIpc) is 2.31. The molecule has 0 amide bonds. The third-order valence-electron chi connectivity index (χ3n) is 2.51. The molecule has 0 fully saturated rings. The minimum absolute atomic E-state index is 0.153. The SMILES string of the molecule is COC(=O)Cc1c(CCl)ccc(C#N)c1C. The molecule has 3 nitrogen and oxygen atoms in total. The van der Waals surface area contributed by atoms with Crippen molar-refractivity contribution in [1.82, 2.24) is 0 Å². The smallest absolute Gasteiger partial charge is 0.309 e. The van der Waals surface area contributed by atoms with Crippen molar-refractivity contribution in [2.24, 2.45) is 0 Å². The monoisotopic (exact) mass is 237 g/mol. The van der Waals surface area contributed by atoms with E-state index in [1.165, 1.54) is 7.11 Å². The normalized spacial score (nSPS) is 9.62. The maximum absolute atomic E-state index is 11.3. The highest BCUT2D eigenvalue weighted by Crippen LogP contribution is 2.21. The summed E-state index contributed by atoms with van der Waals surface area (Å²) in [6.07, 6.45) is 0.153. The molecule has 0 heterocycles. The van der Waals surface area contributed by atoms with E-state index in [2.05, 4.69) is 10.8 Å². The van der Waals surface area contributed by atoms with Crippen LogP contribution in [0.1, 0.15) is 22.3 Å². The van der Waals surface area contributed by atoms with E-state index in [-0.39, 0.29) is 12.4 Å². The molecule has 1 rings (SSSR count). The van der Waals surface area contributed by atoms with Crippen LogP contribution >= 0.6 is 11.6 Å². The van der Waals surface area contributed by atoms with E-state index >= 15 is 0 Å². The van der Waals surface area contributed by atoms with Crippen LogP contribution in [0.4, 0.5) is 0 Å². The van der Waals surface area contributed by atoms with E-state index in [0.29, 0.717) is 11.4 Å². The summed E-state index contributed by atoms with van der Waals surface area (Å²) < 4.78 is 4.62. The van der Waals surface area contributed by atoms with Gasteiger partial charge in [0.25, 0.3) is 0 Å². The Hall–Kier alpha value is -1.53. The van der Waals surface area contributed by atoms with E-state index < -0.39 is 0 Å². The number of methoxy groups -OCH3 is 1. The van der Waals surface area contributed by atoms with Crippen LogP contribution in [0, 0.1) is 18.3 Å². The highest BCUT2D eigenvalue weighted by atomic mass is 35.5. The van der Waals surface area contributed by atoms with Crippen LogP contribution in [0.5, 0.6) is 0 Å². The molecule has 0 N–H and O–H groups in total. The van der Waals surface area contributed by atoms with Crippen LogP contribution in [-0.4, -0.2) is 13.1 Å². The van der Waals surface area contributed by atoms with E-state index in [9.17, 15) is 4.79 Å². The largest absolute Gasteiger partial charge is 0.469 e. The first-order valence-electron chi connectivity index (χ1n) is 4.78. The minimum atomic E-state index is -0.329. The molecule has 0 saturated heterocycles. The van der Waals surface area contributed by atoms with Gasteiger partial charge in [0.15, 0.2) is 0 Å². The predicted octanol–water partition coefficient (Wildman–Crippen LogP) is 2.32. The van der Waals surface area contributed by atoms with Gasteiger partial charge in [0.05, 0.1) is 25.2 Å². The quantitative estimate of drug-likeness (QED) is 0.599. The number of hydrogen-bond acceptors (Lipinski definition) is 3. The van der Waals surface area contributed by atoms with E-state index in [1.54, 1.807) is 12.1 Å². The van der Waals surface area contributed by atoms with Crippen LogP contribution in [0.25, 0.3) is 0 Å². The lowest BCUT2D eigenvalue weighted by Gasteiger charge is -2.11. The number of ether oxygens (including phenoxy) is 1. The number of carbonyl (C=O) groups excluding carboxylic acids is 1. The van der Waals surface area contributed by atoms with Gasteiger partial charge in [0.2, 0.25) is 0 Å². The zero-order valence-corrected chi connectivity index (χ0v) is 9.97. The molecule has 1 aromatic carbocycles. The van der Waals surface area contributed by atoms with Crippen molar-refractivity contribution >= 4 is 17.6 Å². The molecule has 0 aliphatic heterocycles. The van der Waals surface area contributed by atoms with Gasteiger partial charge in [-0.2, -0.15) is 5.26 Å². The van der Waals surface area contributed by atoms with Crippen LogP contribution in [0.15, 0.2) is 12.1 Å². The number of carbonyl (C=O) groups is 1. The number of benzene rings is 1. The molecular formula is C12H12ClNO2. The van der Waals surface area contributed by atoms with Gasteiger partial charge in [0.1, 0.15) is 0 Å². The van der Waals surface area contributed by atoms with Crippen molar-refractivity contribution in [3.8, 4) is 6.07 Å². The predicted molar refractivity (Wildman–Crippen MR) is 61.2 cm³/mol. The molecule has 0 bridgehead atoms. The van der Waals surface area contributed by atoms with Gasteiger partial charge in [-0.3, -0.25) is 4.79 Å². The maximum atomic E-state index is 11.3. The Balaban J connectivity index is 3.22. The molecule has 1 aromatic rings. The van der Waals surface area contributed by atoms with Gasteiger partial charge < -0.3 is 4.74 Å². The number of halogens is 1. The van der Waals surface area contributed by atoms with Crippen molar-refractivity contribution in [1.29, 1.82) is 5.26 Å². The Bertz CT molecular complexity index is 449. The minimum Gasteiger partial charge on any atom is -0.469 e. The lowest BCUT2D eigenvalue weighted by atomic mass is 9.96. The van der Waals surface area contributed by atoms with Crippen molar-refractivity contribution in [2.45, 2.75) is 19.2 Å². The summed E-state index contributed by atoms with van der Waals surface area (Å²) in [5.41, 5.74) is 3.02. The van der Waals surface area contributed by atoms with Crippen LogP contribution in [0.2, 0.25) is 0 Å². The van der Waals surface area contributed by atoms with Gasteiger partial charge in [-0.1, -0.05) is 6.07 Å². The zero-order chi connectivity index (χ0) is 12.1. The van der Waals surface area contributed by atoms with Crippen molar-refractivity contribution < 1.29 is 9.53 Å². The van der Waals surface area contributed by atoms with Crippen molar-refractivity contribution in [3.63, 3.8) is 0 Å². The third kappa shape index (κ3) is 2.53. The maximum Gasteiger partial charge on any atom is 0.309 e. The van der Waals surface area contributed by atoms with Gasteiger partial charge >= 0.3 is 5.97 Å². The Morgan fingerprint density at radius 3 is 2.75 bits per heavy atom. The number of rotatable bonds is 3. The summed E-state index contributed by atoms with van der Waals surface area (Å²) in [7, 11) is 1.34. The van der Waals surface area contributed by atoms with Gasteiger partial charge in [-0.25, -0.2) is 0 Å². The molecule has 0 spiro atoms. The standard InChI is InChI=1S/C12H12ClNO2/c1-8-10(7-14)4-3-9(6-13)11(8)5-12(15)16-2/h3-4H,5-6H2,1-2H3. The van der Waals surface area contributed by atoms with E-state index in [1.807, 2.05) is 6.92 Å². The first-order valence-corrected chi connectivity index (χ1v) is 5.31. The second kappa shape index (κ2) is 5.53. The number of alkyl halides is 1. The molecule has 0 radical (unpaired) electrons. The number of hydrogen-bond donors (Lipinski definition) is 0. The second-order valence-electron chi connectivity index (χ2n) is 3.37. The fraction of sp³-hybridized carbons (Fsp3) is 0.333. The zero-order valence-electron chi connectivity index (χ0n) is 9.21. The van der Waals surface area contributed by atoms with Gasteiger partial charge in [-0.15, -0.1) is 11.6 Å². The van der Waals surface area contributed by atoms with E-state index in [4.69, 9.17) is 16.9 Å². The summed E-state index contributed by atoms with van der Waals surface area (Å²) in [6.45, 7) is 1.81. The highest BCUT2D eigenvalue weighted by molar-refractivity contribution is 6.17. The second-order valence-corrected chi connectivity index (χ2v) is 3.64. The van der Waals surface area contributed by atoms with Gasteiger partial charge in [-0.05, 0) is 29.7 Å². The molecular weight excluding hydrogens is 226 g/mol. The molecule has 0 unspecified atom stereocenters. The summed E-state index contributed by atoms with van der Waals surface area (Å²) in [5, 5.41) is 8.90. The van der Waals surface area contributed by atoms with E-state index in [0.717, 1.165) is 16.7 Å².